The Kier molecular flexibility index (Phi) is 5.70. The number of carbonyl (C=O) groups excluding carboxylic acids is 1. The molecule has 0 radical (unpaired) electrons. The van der Waals surface area contributed by atoms with Crippen LogP contribution in [0.15, 0.2) is 29.2 Å². The molecule has 0 aliphatic rings. The molecule has 0 aliphatic heterocycles. The Morgan fingerprint density at radius 2 is 1.62 bits per heavy atom. The maximum absolute atomic E-state index is 12.5. The lowest BCUT2D eigenvalue weighted by Gasteiger charge is -2.15. The number of carbonyl (C=O) groups is 1. The maximum Gasteiger partial charge on any atom is 0.500 e. The molecule has 0 saturated carbocycles. The second-order valence-corrected chi connectivity index (χ2v) is 10.5. The van der Waals surface area contributed by atoms with Gasteiger partial charge in [-0.15, -0.1) is 4.79 Å². The standard InChI is InChI=1S/C14H18N2O6S2/c1-5-12(17)22-10-6-8-11(9-7-10)23(18,19)13(16-15)24(20,21)14(2,3)4/h6-9H,5H2,1-4H3. The summed E-state index contributed by atoms with van der Waals surface area (Å²) in [4.78, 5) is 13.3. The van der Waals surface area contributed by atoms with Crippen LogP contribution in [0, 0.1) is 0 Å². The third-order valence-corrected chi connectivity index (χ3v) is 7.91. The molecule has 8 nitrogen and oxygen atoms in total. The number of esters is 1. The first kappa shape index (κ1) is 20.0. The Balaban J connectivity index is 3.35. The molecule has 1 rings (SSSR count). The van der Waals surface area contributed by atoms with Gasteiger partial charge in [-0.2, -0.15) is 0 Å². The molecule has 0 amide bonds. The van der Waals surface area contributed by atoms with Crippen molar-refractivity contribution in [1.29, 1.82) is 0 Å². The van der Waals surface area contributed by atoms with Gasteiger partial charge in [0.2, 0.25) is 0 Å². The fourth-order valence-electron chi connectivity index (χ4n) is 1.51. The average Bonchev–Trinajstić information content (AvgIpc) is 2.46. The van der Waals surface area contributed by atoms with Crippen molar-refractivity contribution in [3.63, 3.8) is 0 Å². The molecule has 24 heavy (non-hydrogen) atoms. The third-order valence-electron chi connectivity index (χ3n) is 3.00. The van der Waals surface area contributed by atoms with E-state index >= 15 is 0 Å². The lowest BCUT2D eigenvalue weighted by Crippen LogP contribution is -2.39. The minimum atomic E-state index is -4.57. The van der Waals surface area contributed by atoms with Crippen LogP contribution in [0.4, 0.5) is 0 Å². The summed E-state index contributed by atoms with van der Waals surface area (Å²) in [6.45, 7) is 5.46. The number of ether oxygens (including phenoxy) is 1. The Morgan fingerprint density at radius 3 is 2.00 bits per heavy atom. The molecule has 132 valence electrons. The zero-order valence-electron chi connectivity index (χ0n) is 13.7. The molecule has 0 unspecified atom stereocenters. The van der Waals surface area contributed by atoms with Crippen LogP contribution in [0.25, 0.3) is 5.53 Å². The quantitative estimate of drug-likeness (QED) is 0.197. The van der Waals surface area contributed by atoms with E-state index in [1.165, 1.54) is 32.9 Å². The van der Waals surface area contributed by atoms with Crippen molar-refractivity contribution >= 4 is 30.0 Å². The van der Waals surface area contributed by atoms with Gasteiger partial charge < -0.3 is 10.3 Å². The van der Waals surface area contributed by atoms with Crippen LogP contribution in [0.3, 0.4) is 0 Å². The van der Waals surface area contributed by atoms with E-state index in [1.807, 2.05) is 0 Å². The van der Waals surface area contributed by atoms with Gasteiger partial charge >= 0.3 is 10.3 Å². The van der Waals surface area contributed by atoms with Gasteiger partial charge in [-0.3, -0.25) is 4.79 Å². The van der Waals surface area contributed by atoms with E-state index in [-0.39, 0.29) is 12.2 Å². The molecular weight excluding hydrogens is 356 g/mol. The molecule has 0 aliphatic carbocycles. The number of rotatable bonds is 3. The first-order chi connectivity index (χ1) is 10.9. The van der Waals surface area contributed by atoms with Gasteiger partial charge in [0.25, 0.3) is 19.7 Å². The molecule has 10 heteroatoms. The fourth-order valence-corrected chi connectivity index (χ4v) is 5.13. The largest absolute Gasteiger partial charge is 0.500 e. The molecule has 0 bridgehead atoms. The van der Waals surface area contributed by atoms with E-state index < -0.39 is 39.7 Å². The molecular formula is C14H18N2O6S2. The van der Waals surface area contributed by atoms with E-state index in [2.05, 4.69) is 4.79 Å². The van der Waals surface area contributed by atoms with E-state index in [4.69, 9.17) is 10.3 Å². The predicted molar refractivity (Wildman–Crippen MR) is 86.9 cm³/mol. The maximum atomic E-state index is 12.5. The van der Waals surface area contributed by atoms with E-state index in [0.717, 1.165) is 12.1 Å². The second kappa shape index (κ2) is 6.84. The summed E-state index contributed by atoms with van der Waals surface area (Å²) in [7, 11) is -8.97. The SMILES string of the molecule is CCC(=O)Oc1ccc(S(=O)(=O)C(=[N+]=[N-])S(=O)(=O)C(C)(C)C)cc1. The molecule has 0 heterocycles. The van der Waals surface area contributed by atoms with Crippen LogP contribution in [-0.4, -0.2) is 36.7 Å². The minimum absolute atomic E-state index is 0.113. The van der Waals surface area contributed by atoms with Crippen LogP contribution in [-0.2, 0) is 24.5 Å². The summed E-state index contributed by atoms with van der Waals surface area (Å²) >= 11 is 0. The highest BCUT2D eigenvalue weighted by Crippen LogP contribution is 2.24. The highest BCUT2D eigenvalue weighted by molar-refractivity contribution is 8.31. The number of nitrogens with zero attached hydrogens (tertiary/aromatic N) is 2. The van der Waals surface area contributed by atoms with Gasteiger partial charge in [0.1, 0.15) is 5.75 Å². The Labute approximate surface area is 140 Å². The second-order valence-electron chi connectivity index (χ2n) is 5.78. The molecule has 0 atom stereocenters. The van der Waals surface area contributed by atoms with E-state index in [9.17, 15) is 21.6 Å². The Morgan fingerprint density at radius 1 is 1.12 bits per heavy atom. The summed E-state index contributed by atoms with van der Waals surface area (Å²) in [6.07, 6.45) is 0.144. The van der Waals surface area contributed by atoms with Crippen molar-refractivity contribution in [2.24, 2.45) is 0 Å². The number of sulfone groups is 2. The van der Waals surface area contributed by atoms with Crippen LogP contribution < -0.4 is 4.74 Å². The van der Waals surface area contributed by atoms with Gasteiger partial charge in [-0.1, -0.05) is 6.92 Å². The van der Waals surface area contributed by atoms with Crippen molar-refractivity contribution in [3.8, 4) is 5.75 Å². The van der Waals surface area contributed by atoms with Crippen molar-refractivity contribution in [3.05, 3.63) is 29.8 Å². The molecule has 0 saturated heterocycles. The molecule has 0 aromatic heterocycles. The summed E-state index contributed by atoms with van der Waals surface area (Å²) in [5, 5.41) is 0. The van der Waals surface area contributed by atoms with Crippen LogP contribution in [0.1, 0.15) is 34.1 Å². The number of hydrogen-bond donors (Lipinski definition) is 0. The first-order valence-corrected chi connectivity index (χ1v) is 9.87. The lowest BCUT2D eigenvalue weighted by molar-refractivity contribution is -0.134. The van der Waals surface area contributed by atoms with Crippen molar-refractivity contribution in [1.82, 2.24) is 0 Å². The Bertz CT molecular complexity index is 888. The van der Waals surface area contributed by atoms with Gasteiger partial charge in [-0.25, -0.2) is 16.8 Å². The molecule has 1 aromatic rings. The average molecular weight is 374 g/mol. The van der Waals surface area contributed by atoms with Crippen LogP contribution in [0.2, 0.25) is 0 Å². The van der Waals surface area contributed by atoms with Gasteiger partial charge in [0.05, 0.1) is 9.64 Å². The topological polar surface area (TPSA) is 131 Å². The predicted octanol–water partition coefficient (Wildman–Crippen LogP) is 1.57. The summed E-state index contributed by atoms with van der Waals surface area (Å²) in [5.41, 5.74) is 8.99. The highest BCUT2D eigenvalue weighted by Gasteiger charge is 2.49. The normalized spacial score (nSPS) is 12.3. The number of hydrogen-bond acceptors (Lipinski definition) is 6. The monoisotopic (exact) mass is 374 g/mol. The zero-order valence-corrected chi connectivity index (χ0v) is 15.3. The van der Waals surface area contributed by atoms with Crippen molar-refractivity contribution in [2.75, 3.05) is 0 Å². The lowest BCUT2D eigenvalue weighted by atomic mass is 10.3. The highest BCUT2D eigenvalue weighted by atomic mass is 32.3. The molecule has 0 spiro atoms. The molecule has 0 N–H and O–H groups in total. The van der Waals surface area contributed by atoms with Crippen LogP contribution >= 0.6 is 0 Å². The Hall–Kier alpha value is -2.03. The van der Waals surface area contributed by atoms with Crippen LogP contribution in [0.5, 0.6) is 5.75 Å². The summed E-state index contributed by atoms with van der Waals surface area (Å²) in [6, 6.07) is 4.55. The van der Waals surface area contributed by atoms with E-state index in [1.54, 1.807) is 6.92 Å². The van der Waals surface area contributed by atoms with Gasteiger partial charge in [0, 0.05) is 6.42 Å². The van der Waals surface area contributed by atoms with E-state index in [0.29, 0.717) is 0 Å². The van der Waals surface area contributed by atoms with Crippen molar-refractivity contribution in [2.45, 2.75) is 43.8 Å². The molecule has 0 fully saturated rings. The fraction of sp³-hybridized carbons (Fsp3) is 0.429. The molecule has 1 aromatic carbocycles. The van der Waals surface area contributed by atoms with Crippen molar-refractivity contribution < 1.29 is 31.2 Å². The smallest absolute Gasteiger partial charge is 0.427 e. The zero-order chi connectivity index (χ0) is 18.8. The summed E-state index contributed by atoms with van der Waals surface area (Å²) in [5.74, 6) is -0.388. The van der Waals surface area contributed by atoms with Gasteiger partial charge in [-0.05, 0) is 45.0 Å². The van der Waals surface area contributed by atoms with Gasteiger partial charge in [0.15, 0.2) is 0 Å². The first-order valence-electron chi connectivity index (χ1n) is 6.90. The summed E-state index contributed by atoms with van der Waals surface area (Å²) < 4.78 is 51.7. The minimum Gasteiger partial charge on any atom is -0.427 e. The number of benzene rings is 1. The third kappa shape index (κ3) is 3.89.